The summed E-state index contributed by atoms with van der Waals surface area (Å²) in [6, 6.07) is 6.64. The molecule has 1 aliphatic rings. The Balaban J connectivity index is 1.51. The van der Waals surface area contributed by atoms with Gasteiger partial charge >= 0.3 is 0 Å². The van der Waals surface area contributed by atoms with Gasteiger partial charge in [0.2, 0.25) is 5.91 Å². The molecule has 0 aliphatic carbocycles. The Bertz CT molecular complexity index is 860. The molecule has 0 radical (unpaired) electrons. The molecule has 8 heteroatoms. The highest BCUT2D eigenvalue weighted by molar-refractivity contribution is 6.44. The van der Waals surface area contributed by atoms with Crippen molar-refractivity contribution in [1.29, 1.82) is 0 Å². The zero-order chi connectivity index (χ0) is 20.3. The van der Waals surface area contributed by atoms with E-state index in [9.17, 15) is 9.59 Å². The highest BCUT2D eigenvalue weighted by Gasteiger charge is 2.28. The van der Waals surface area contributed by atoms with Crippen molar-refractivity contribution < 1.29 is 14.0 Å². The Kier molecular flexibility index (Phi) is 6.65. The van der Waals surface area contributed by atoms with Crippen molar-refractivity contribution in [3.05, 3.63) is 51.9 Å². The maximum absolute atomic E-state index is 12.6. The molecule has 1 aliphatic heterocycles. The van der Waals surface area contributed by atoms with Gasteiger partial charge in [0.15, 0.2) is 5.76 Å². The maximum Gasteiger partial charge on any atom is 0.287 e. The fraction of sp³-hybridized carbons (Fsp3) is 0.400. The lowest BCUT2D eigenvalue weighted by Gasteiger charge is -2.35. The van der Waals surface area contributed by atoms with Gasteiger partial charge in [-0.05, 0) is 44.9 Å². The number of amides is 2. The number of nitrogens with one attached hydrogen (secondary N) is 2. The Morgan fingerprint density at radius 1 is 1.21 bits per heavy atom. The molecular weight excluding hydrogens is 401 g/mol. The van der Waals surface area contributed by atoms with E-state index in [1.54, 1.807) is 24.3 Å². The minimum absolute atomic E-state index is 0.0610. The van der Waals surface area contributed by atoms with Crippen LogP contribution in [0.15, 0.2) is 34.9 Å². The fourth-order valence-electron chi connectivity index (χ4n) is 3.29. The predicted octanol–water partition coefficient (Wildman–Crippen LogP) is 4.12. The summed E-state index contributed by atoms with van der Waals surface area (Å²) in [6.07, 6.45) is 3.04. The Morgan fingerprint density at radius 3 is 2.57 bits per heavy atom. The minimum atomic E-state index is -0.320. The van der Waals surface area contributed by atoms with E-state index >= 15 is 0 Å². The zero-order valence-electron chi connectivity index (χ0n) is 15.8. The lowest BCUT2D eigenvalue weighted by molar-refractivity contribution is -0.121. The van der Waals surface area contributed by atoms with Crippen molar-refractivity contribution in [3.63, 3.8) is 0 Å². The summed E-state index contributed by atoms with van der Waals surface area (Å²) in [6.45, 7) is 5.12. The number of anilines is 1. The van der Waals surface area contributed by atoms with Crippen LogP contribution in [0, 0.1) is 6.92 Å². The molecule has 150 valence electrons. The number of halogens is 2. The summed E-state index contributed by atoms with van der Waals surface area (Å²) < 4.78 is 5.24. The fourth-order valence-corrected chi connectivity index (χ4v) is 3.64. The van der Waals surface area contributed by atoms with Crippen molar-refractivity contribution in [1.82, 2.24) is 10.2 Å². The minimum Gasteiger partial charge on any atom is -0.459 e. The number of carbonyl (C=O) groups excluding carboxylic acids is 2. The van der Waals surface area contributed by atoms with Crippen LogP contribution in [0.25, 0.3) is 0 Å². The summed E-state index contributed by atoms with van der Waals surface area (Å²) in [5, 5.41) is 6.58. The molecule has 2 N–H and O–H groups in total. The summed E-state index contributed by atoms with van der Waals surface area (Å²) in [5.41, 5.74) is 1.32. The molecule has 1 atom stereocenters. The van der Waals surface area contributed by atoms with E-state index in [0.29, 0.717) is 34.6 Å². The number of hydrogen-bond donors (Lipinski definition) is 2. The molecule has 1 fully saturated rings. The third-order valence-electron chi connectivity index (χ3n) is 5.07. The van der Waals surface area contributed by atoms with E-state index < -0.39 is 0 Å². The van der Waals surface area contributed by atoms with Crippen LogP contribution in [0.5, 0.6) is 0 Å². The van der Waals surface area contributed by atoms with E-state index in [1.165, 1.54) is 6.26 Å². The third kappa shape index (κ3) is 4.69. The second-order valence-corrected chi connectivity index (χ2v) is 7.77. The zero-order valence-corrected chi connectivity index (χ0v) is 17.3. The monoisotopic (exact) mass is 423 g/mol. The predicted molar refractivity (Wildman–Crippen MR) is 110 cm³/mol. The summed E-state index contributed by atoms with van der Waals surface area (Å²) in [7, 11) is 0. The Morgan fingerprint density at radius 2 is 1.93 bits per heavy atom. The average Bonchev–Trinajstić information content (AvgIpc) is 3.11. The second kappa shape index (κ2) is 8.99. The number of likely N-dealkylation sites (tertiary alicyclic amines) is 1. The van der Waals surface area contributed by atoms with Gasteiger partial charge in [0.25, 0.3) is 5.91 Å². The number of hydrogen-bond acceptors (Lipinski definition) is 4. The van der Waals surface area contributed by atoms with E-state index in [4.69, 9.17) is 27.6 Å². The van der Waals surface area contributed by atoms with Crippen LogP contribution in [-0.4, -0.2) is 41.9 Å². The number of rotatable bonds is 5. The third-order valence-corrected chi connectivity index (χ3v) is 5.89. The summed E-state index contributed by atoms with van der Waals surface area (Å²) in [5.74, 6) is 0.0220. The van der Waals surface area contributed by atoms with Crippen LogP contribution in [0.2, 0.25) is 10.0 Å². The van der Waals surface area contributed by atoms with Gasteiger partial charge in [0.1, 0.15) is 0 Å². The second-order valence-electron chi connectivity index (χ2n) is 6.98. The molecule has 28 heavy (non-hydrogen) atoms. The van der Waals surface area contributed by atoms with E-state index in [1.807, 2.05) is 13.8 Å². The standard InChI is InChI=1S/C20H23Cl2N3O3/c1-12-8-11-28-18(12)20(27)23-14-6-9-25(10-7-14)13(2)19(26)24-16-5-3-4-15(21)17(16)22/h3-5,8,11,13-14H,6-7,9-10H2,1-2H3,(H,23,27)(H,24,26). The van der Waals surface area contributed by atoms with Crippen LogP contribution >= 0.6 is 23.2 Å². The molecular formula is C20H23Cl2N3O3. The first-order valence-electron chi connectivity index (χ1n) is 9.20. The van der Waals surface area contributed by atoms with E-state index in [0.717, 1.165) is 18.4 Å². The van der Waals surface area contributed by atoms with E-state index in [-0.39, 0.29) is 23.9 Å². The number of nitrogens with zero attached hydrogens (tertiary/aromatic N) is 1. The SMILES string of the molecule is Cc1ccoc1C(=O)NC1CCN(C(C)C(=O)Nc2cccc(Cl)c2Cl)CC1. The normalized spacial score (nSPS) is 16.6. The molecule has 2 heterocycles. The topological polar surface area (TPSA) is 74.6 Å². The van der Waals surface area contributed by atoms with Crippen molar-refractivity contribution >= 4 is 40.7 Å². The number of furan rings is 1. The molecule has 2 amide bonds. The van der Waals surface area contributed by atoms with Crippen molar-refractivity contribution in [2.45, 2.75) is 38.8 Å². The van der Waals surface area contributed by atoms with Crippen molar-refractivity contribution in [3.8, 4) is 0 Å². The molecule has 3 rings (SSSR count). The molecule has 1 aromatic carbocycles. The number of benzene rings is 1. The van der Waals surface area contributed by atoms with Gasteiger partial charge in [0.05, 0.1) is 28.0 Å². The number of piperidine rings is 1. The average molecular weight is 424 g/mol. The molecule has 0 saturated carbocycles. The summed E-state index contributed by atoms with van der Waals surface area (Å²) in [4.78, 5) is 27.0. The van der Waals surface area contributed by atoms with Gasteiger partial charge in [-0.15, -0.1) is 0 Å². The van der Waals surface area contributed by atoms with Gasteiger partial charge < -0.3 is 15.1 Å². The molecule has 0 bridgehead atoms. The molecule has 6 nitrogen and oxygen atoms in total. The Hall–Kier alpha value is -2.02. The first-order valence-corrected chi connectivity index (χ1v) is 9.96. The van der Waals surface area contributed by atoms with Gasteiger partial charge in [-0.2, -0.15) is 0 Å². The van der Waals surface area contributed by atoms with Crippen LogP contribution in [-0.2, 0) is 4.79 Å². The number of aryl methyl sites for hydroxylation is 1. The van der Waals surface area contributed by atoms with Crippen LogP contribution in [0.1, 0.15) is 35.9 Å². The maximum atomic E-state index is 12.6. The van der Waals surface area contributed by atoms with Gasteiger partial charge in [0, 0.05) is 24.7 Å². The first-order chi connectivity index (χ1) is 13.4. The lowest BCUT2D eigenvalue weighted by atomic mass is 10.0. The summed E-state index contributed by atoms with van der Waals surface area (Å²) >= 11 is 12.1. The lowest BCUT2D eigenvalue weighted by Crippen LogP contribution is -2.50. The smallest absolute Gasteiger partial charge is 0.287 e. The molecule has 1 saturated heterocycles. The largest absolute Gasteiger partial charge is 0.459 e. The van der Waals surface area contributed by atoms with Crippen LogP contribution in [0.3, 0.4) is 0 Å². The van der Waals surface area contributed by atoms with Gasteiger partial charge in [-0.25, -0.2) is 0 Å². The first kappa shape index (κ1) is 20.7. The quantitative estimate of drug-likeness (QED) is 0.758. The van der Waals surface area contributed by atoms with Gasteiger partial charge in [-0.3, -0.25) is 14.5 Å². The highest BCUT2D eigenvalue weighted by Crippen LogP contribution is 2.29. The van der Waals surface area contributed by atoms with Crippen molar-refractivity contribution in [2.24, 2.45) is 0 Å². The van der Waals surface area contributed by atoms with Crippen LogP contribution in [0.4, 0.5) is 5.69 Å². The number of carbonyl (C=O) groups is 2. The van der Waals surface area contributed by atoms with Gasteiger partial charge in [-0.1, -0.05) is 29.3 Å². The molecule has 2 aromatic rings. The van der Waals surface area contributed by atoms with Crippen LogP contribution < -0.4 is 10.6 Å². The highest BCUT2D eigenvalue weighted by atomic mass is 35.5. The Labute approximate surface area is 174 Å². The van der Waals surface area contributed by atoms with Crippen molar-refractivity contribution in [2.75, 3.05) is 18.4 Å². The van der Waals surface area contributed by atoms with E-state index in [2.05, 4.69) is 15.5 Å². The molecule has 0 spiro atoms. The molecule has 1 unspecified atom stereocenters. The molecule has 1 aromatic heterocycles.